The number of amides is 1. The van der Waals surface area contributed by atoms with Crippen LogP contribution in [-0.2, 0) is 16.1 Å². The van der Waals surface area contributed by atoms with Gasteiger partial charge in [-0.05, 0) is 39.0 Å². The van der Waals surface area contributed by atoms with Crippen LogP contribution in [0.3, 0.4) is 0 Å². The first-order valence-corrected chi connectivity index (χ1v) is 10.4. The van der Waals surface area contributed by atoms with Gasteiger partial charge in [0.25, 0.3) is 0 Å². The van der Waals surface area contributed by atoms with Crippen LogP contribution in [0.2, 0.25) is 0 Å². The molecule has 0 fully saturated rings. The maximum atomic E-state index is 12.6. The van der Waals surface area contributed by atoms with Crippen LogP contribution in [0.25, 0.3) is 16.9 Å². The molecular formula is C22H21N7O5. The molecule has 1 N–H and O–H groups in total. The Kier molecular flexibility index (Phi) is 6.04. The summed E-state index contributed by atoms with van der Waals surface area (Å²) in [4.78, 5) is 39.7. The van der Waals surface area contributed by atoms with Crippen LogP contribution in [0.15, 0.2) is 42.7 Å². The molecule has 12 nitrogen and oxygen atoms in total. The molecule has 34 heavy (non-hydrogen) atoms. The highest BCUT2D eigenvalue weighted by Gasteiger charge is 2.23. The van der Waals surface area contributed by atoms with Crippen molar-refractivity contribution in [3.63, 3.8) is 0 Å². The van der Waals surface area contributed by atoms with E-state index >= 15 is 0 Å². The van der Waals surface area contributed by atoms with Gasteiger partial charge >= 0.3 is 11.7 Å². The van der Waals surface area contributed by atoms with Crippen LogP contribution in [0, 0.1) is 24.0 Å². The first-order valence-electron chi connectivity index (χ1n) is 10.4. The van der Waals surface area contributed by atoms with Gasteiger partial charge in [-0.1, -0.05) is 12.1 Å². The highest BCUT2D eigenvalue weighted by Crippen LogP contribution is 2.25. The highest BCUT2D eigenvalue weighted by atomic mass is 16.6. The van der Waals surface area contributed by atoms with Gasteiger partial charge in [-0.3, -0.25) is 19.6 Å². The van der Waals surface area contributed by atoms with Crippen molar-refractivity contribution in [2.45, 2.75) is 27.3 Å². The summed E-state index contributed by atoms with van der Waals surface area (Å²) in [7, 11) is 0. The summed E-state index contributed by atoms with van der Waals surface area (Å²) in [5.41, 5.74) is 2.97. The first-order chi connectivity index (χ1) is 16.3. The van der Waals surface area contributed by atoms with Crippen molar-refractivity contribution in [3.8, 4) is 11.3 Å². The largest absolute Gasteiger partial charge is 0.462 e. The highest BCUT2D eigenvalue weighted by molar-refractivity contribution is 5.96. The minimum Gasteiger partial charge on any atom is -0.462 e. The molecule has 1 aromatic carbocycles. The van der Waals surface area contributed by atoms with Crippen LogP contribution in [0.1, 0.15) is 28.7 Å². The third-order valence-corrected chi connectivity index (χ3v) is 5.16. The van der Waals surface area contributed by atoms with Crippen LogP contribution < -0.4 is 5.32 Å². The number of benzene rings is 1. The van der Waals surface area contributed by atoms with E-state index < -0.39 is 10.9 Å². The molecule has 0 spiro atoms. The number of carbonyl (C=O) groups excluding carboxylic acids is 2. The van der Waals surface area contributed by atoms with E-state index in [0.717, 1.165) is 5.56 Å². The van der Waals surface area contributed by atoms with Gasteiger partial charge in [-0.15, -0.1) is 0 Å². The summed E-state index contributed by atoms with van der Waals surface area (Å²) in [6, 6.07) is 8.81. The Morgan fingerprint density at radius 2 is 2.03 bits per heavy atom. The molecule has 0 aliphatic heterocycles. The molecule has 0 bridgehead atoms. The van der Waals surface area contributed by atoms with Crippen LogP contribution in [0.5, 0.6) is 0 Å². The number of nitrogens with one attached hydrogen (secondary N) is 1. The summed E-state index contributed by atoms with van der Waals surface area (Å²) in [5, 5.41) is 22.3. The summed E-state index contributed by atoms with van der Waals surface area (Å²) in [5.74, 6) is -0.895. The minimum atomic E-state index is -0.507. The summed E-state index contributed by atoms with van der Waals surface area (Å²) in [6.45, 7) is 4.86. The fraction of sp³-hybridized carbons (Fsp3) is 0.227. The van der Waals surface area contributed by atoms with Crippen molar-refractivity contribution in [2.75, 3.05) is 11.9 Å². The predicted molar refractivity (Wildman–Crippen MR) is 121 cm³/mol. The smallest absolute Gasteiger partial charge is 0.343 e. The van der Waals surface area contributed by atoms with E-state index in [1.807, 2.05) is 6.07 Å². The number of anilines is 1. The molecular weight excluding hydrogens is 442 g/mol. The van der Waals surface area contributed by atoms with Crippen molar-refractivity contribution in [2.24, 2.45) is 0 Å². The number of ether oxygens (including phenoxy) is 1. The van der Waals surface area contributed by atoms with Gasteiger partial charge in [0.15, 0.2) is 5.65 Å². The number of nitrogens with zero attached hydrogens (tertiary/aromatic N) is 6. The average molecular weight is 463 g/mol. The lowest BCUT2D eigenvalue weighted by Gasteiger charge is -2.09. The SMILES string of the molecule is CCOC(=O)c1cnn2c(-c3cccc(NC(=O)Cn4nc(C)c([N+](=O)[O-])c4C)c3)ccnc12. The van der Waals surface area contributed by atoms with Crippen LogP contribution in [0.4, 0.5) is 11.4 Å². The van der Waals surface area contributed by atoms with E-state index in [0.29, 0.717) is 22.7 Å². The molecule has 0 radical (unpaired) electrons. The maximum Gasteiger partial charge on any atom is 0.343 e. The maximum absolute atomic E-state index is 12.6. The van der Waals surface area contributed by atoms with Gasteiger partial charge in [0.05, 0.1) is 23.4 Å². The minimum absolute atomic E-state index is 0.0992. The second-order valence-corrected chi connectivity index (χ2v) is 7.41. The monoisotopic (exact) mass is 463 g/mol. The molecule has 4 aromatic rings. The summed E-state index contributed by atoms with van der Waals surface area (Å²) < 4.78 is 7.89. The number of aromatic nitrogens is 5. The summed E-state index contributed by atoms with van der Waals surface area (Å²) >= 11 is 0. The molecule has 0 saturated carbocycles. The van der Waals surface area contributed by atoms with Crippen molar-refractivity contribution in [1.82, 2.24) is 24.4 Å². The lowest BCUT2D eigenvalue weighted by atomic mass is 10.1. The standard InChI is InChI=1S/C22H21N7O5/c1-4-34-22(31)17-11-24-28-18(8-9-23-21(17)28)15-6-5-7-16(10-15)25-19(30)12-27-14(3)20(29(32)33)13(2)26-27/h5-11H,4,12H2,1-3H3,(H,25,30). The van der Waals surface area contributed by atoms with Crippen LogP contribution >= 0.6 is 0 Å². The molecule has 1 amide bonds. The topological polar surface area (TPSA) is 147 Å². The van der Waals surface area contributed by atoms with Gasteiger partial charge in [0, 0.05) is 17.4 Å². The van der Waals surface area contributed by atoms with E-state index in [9.17, 15) is 19.7 Å². The zero-order chi connectivity index (χ0) is 24.4. The number of aryl methyl sites for hydroxylation is 1. The van der Waals surface area contributed by atoms with E-state index in [1.54, 1.807) is 44.3 Å². The van der Waals surface area contributed by atoms with Crippen molar-refractivity contribution in [1.29, 1.82) is 0 Å². The number of hydrogen-bond donors (Lipinski definition) is 1. The molecule has 3 aromatic heterocycles. The Morgan fingerprint density at radius 3 is 2.74 bits per heavy atom. The number of rotatable bonds is 7. The summed E-state index contributed by atoms with van der Waals surface area (Å²) in [6.07, 6.45) is 2.97. The van der Waals surface area contributed by atoms with E-state index in [2.05, 4.69) is 20.5 Å². The zero-order valence-electron chi connectivity index (χ0n) is 18.7. The quantitative estimate of drug-likeness (QED) is 0.250. The Morgan fingerprint density at radius 1 is 1.24 bits per heavy atom. The van der Waals surface area contributed by atoms with Gasteiger partial charge in [0.2, 0.25) is 5.91 Å². The fourth-order valence-corrected chi connectivity index (χ4v) is 3.66. The Labute approximate surface area is 193 Å². The third-order valence-electron chi connectivity index (χ3n) is 5.16. The van der Waals surface area contributed by atoms with Crippen LogP contribution in [-0.4, -0.2) is 47.8 Å². The number of fused-ring (bicyclic) bond motifs is 1. The number of esters is 1. The van der Waals surface area contributed by atoms with Crippen molar-refractivity contribution < 1.29 is 19.2 Å². The Bertz CT molecular complexity index is 1420. The van der Waals surface area contributed by atoms with Crippen molar-refractivity contribution >= 4 is 28.9 Å². The van der Waals surface area contributed by atoms with Gasteiger partial charge in [0.1, 0.15) is 23.5 Å². The van der Waals surface area contributed by atoms with Gasteiger partial charge in [-0.25, -0.2) is 14.3 Å². The van der Waals surface area contributed by atoms with E-state index in [1.165, 1.54) is 22.3 Å². The average Bonchev–Trinajstić information content (AvgIpc) is 3.34. The Balaban J connectivity index is 1.58. The second kappa shape index (κ2) is 9.10. The molecule has 0 aliphatic carbocycles. The van der Waals surface area contributed by atoms with Gasteiger partial charge < -0.3 is 10.1 Å². The molecule has 0 unspecified atom stereocenters. The number of hydrogen-bond acceptors (Lipinski definition) is 8. The lowest BCUT2D eigenvalue weighted by Crippen LogP contribution is -2.20. The predicted octanol–water partition coefficient (Wildman–Crippen LogP) is 2.93. The molecule has 0 atom stereocenters. The molecule has 0 saturated heterocycles. The van der Waals surface area contributed by atoms with E-state index in [4.69, 9.17) is 4.74 Å². The molecule has 3 heterocycles. The number of carbonyl (C=O) groups is 2. The lowest BCUT2D eigenvalue weighted by molar-refractivity contribution is -0.386. The molecule has 174 valence electrons. The molecule has 4 rings (SSSR count). The first kappa shape index (κ1) is 22.6. The van der Waals surface area contributed by atoms with E-state index in [-0.39, 0.29) is 36.0 Å². The normalized spacial score (nSPS) is 10.9. The zero-order valence-corrected chi connectivity index (χ0v) is 18.7. The molecule has 0 aliphatic rings. The Hall–Kier alpha value is -4.61. The fourth-order valence-electron chi connectivity index (χ4n) is 3.66. The van der Waals surface area contributed by atoms with Crippen molar-refractivity contribution in [3.05, 3.63) is 69.8 Å². The van der Waals surface area contributed by atoms with Gasteiger partial charge in [-0.2, -0.15) is 10.2 Å². The second-order valence-electron chi connectivity index (χ2n) is 7.41. The molecule has 12 heteroatoms. The third kappa shape index (κ3) is 4.20. The number of nitro groups is 1.